The predicted molar refractivity (Wildman–Crippen MR) is 115 cm³/mol. The maximum Gasteiger partial charge on any atom is 0.211 e. The van der Waals surface area contributed by atoms with E-state index in [9.17, 15) is 17.6 Å². The second kappa shape index (κ2) is 7.54. The Hall–Kier alpha value is -3.25. The molecular weight excluding hydrogens is 401 g/mol. The van der Waals surface area contributed by atoms with Crippen LogP contribution in [0.2, 0.25) is 0 Å². The van der Waals surface area contributed by atoms with Crippen molar-refractivity contribution in [1.82, 2.24) is 4.57 Å². The molecule has 1 aromatic heterocycles. The van der Waals surface area contributed by atoms with Gasteiger partial charge in [0, 0.05) is 18.1 Å². The molecule has 0 radical (unpaired) electrons. The highest BCUT2D eigenvalue weighted by atomic mass is 32.2. The monoisotopic (exact) mass is 421 g/mol. The minimum Gasteiger partial charge on any atom is -0.341 e. The third-order valence-electron chi connectivity index (χ3n) is 5.10. The van der Waals surface area contributed by atoms with Crippen molar-refractivity contribution in [3.63, 3.8) is 0 Å². The smallest absolute Gasteiger partial charge is 0.211 e. The van der Waals surface area contributed by atoms with Gasteiger partial charge < -0.3 is 4.57 Å². The summed E-state index contributed by atoms with van der Waals surface area (Å²) >= 11 is 0. The van der Waals surface area contributed by atoms with Gasteiger partial charge >= 0.3 is 0 Å². The van der Waals surface area contributed by atoms with E-state index in [1.807, 2.05) is 38.1 Å². The molecular formula is C24H20FNO3S. The normalized spacial score (nSPS) is 11.7. The zero-order chi connectivity index (χ0) is 21.5. The van der Waals surface area contributed by atoms with Crippen LogP contribution in [0, 0.1) is 19.7 Å². The maximum absolute atomic E-state index is 13.9. The fraction of sp³-hybridized carbons (Fsp3) is 0.125. The number of hydrogen-bond acceptors (Lipinski definition) is 3. The van der Waals surface area contributed by atoms with Crippen molar-refractivity contribution in [3.05, 3.63) is 106 Å². The number of benzene rings is 3. The molecule has 0 aliphatic heterocycles. The molecule has 0 aliphatic rings. The van der Waals surface area contributed by atoms with Crippen LogP contribution in [0.4, 0.5) is 4.39 Å². The Morgan fingerprint density at radius 3 is 2.10 bits per heavy atom. The molecule has 0 saturated heterocycles. The lowest BCUT2D eigenvalue weighted by molar-refractivity contribution is 0.593. The quantitative estimate of drug-likeness (QED) is 0.482. The second-order valence-corrected chi connectivity index (χ2v) is 9.33. The van der Waals surface area contributed by atoms with Crippen LogP contribution in [0.1, 0.15) is 16.7 Å². The molecule has 0 amide bonds. The minimum absolute atomic E-state index is 0.0304. The zero-order valence-corrected chi connectivity index (χ0v) is 17.4. The van der Waals surface area contributed by atoms with E-state index in [1.54, 1.807) is 16.7 Å². The summed E-state index contributed by atoms with van der Waals surface area (Å²) in [6.07, 6.45) is 1.36. The predicted octanol–water partition coefficient (Wildman–Crippen LogP) is 4.64. The molecule has 0 fully saturated rings. The Bertz CT molecular complexity index is 1400. The molecule has 3 aromatic carbocycles. The van der Waals surface area contributed by atoms with Gasteiger partial charge in [-0.15, -0.1) is 0 Å². The molecule has 0 N–H and O–H groups in total. The maximum atomic E-state index is 13.9. The molecule has 0 unspecified atom stereocenters. The van der Waals surface area contributed by atoms with Crippen molar-refractivity contribution in [2.24, 2.45) is 0 Å². The average molecular weight is 421 g/mol. The largest absolute Gasteiger partial charge is 0.341 e. The van der Waals surface area contributed by atoms with E-state index in [2.05, 4.69) is 0 Å². The third-order valence-corrected chi connectivity index (χ3v) is 6.87. The number of halogens is 1. The molecule has 4 aromatic rings. The zero-order valence-electron chi connectivity index (χ0n) is 16.6. The van der Waals surface area contributed by atoms with Gasteiger partial charge in [-0.3, -0.25) is 4.79 Å². The Morgan fingerprint density at radius 1 is 0.867 bits per heavy atom. The van der Waals surface area contributed by atoms with Crippen molar-refractivity contribution >= 4 is 20.7 Å². The number of rotatable bonds is 4. The first-order chi connectivity index (χ1) is 14.3. The van der Waals surface area contributed by atoms with E-state index < -0.39 is 21.1 Å². The molecule has 0 spiro atoms. The number of fused-ring (bicyclic) bond motifs is 1. The molecule has 0 bridgehead atoms. The summed E-state index contributed by atoms with van der Waals surface area (Å²) in [5, 5.41) is 0.0373. The van der Waals surface area contributed by atoms with Gasteiger partial charge in [0.1, 0.15) is 10.7 Å². The van der Waals surface area contributed by atoms with Gasteiger partial charge in [-0.2, -0.15) is 0 Å². The van der Waals surface area contributed by atoms with Crippen molar-refractivity contribution in [3.8, 4) is 0 Å². The summed E-state index contributed by atoms with van der Waals surface area (Å²) in [7, 11) is -4.07. The molecule has 0 aliphatic carbocycles. The number of aromatic nitrogens is 1. The third kappa shape index (κ3) is 3.66. The van der Waals surface area contributed by atoms with Gasteiger partial charge in [0.05, 0.1) is 10.4 Å². The lowest BCUT2D eigenvalue weighted by Crippen LogP contribution is -2.20. The SMILES string of the molecule is Cc1ccc(Cn2cc(S(=O)(=O)c3ccc(C)cc3)c(=O)c3cc(F)ccc32)cc1. The fourth-order valence-corrected chi connectivity index (χ4v) is 4.77. The van der Waals surface area contributed by atoms with Crippen LogP contribution in [0.5, 0.6) is 0 Å². The van der Waals surface area contributed by atoms with Crippen molar-refractivity contribution in [2.75, 3.05) is 0 Å². The number of hydrogen-bond donors (Lipinski definition) is 0. The number of sulfone groups is 1. The van der Waals surface area contributed by atoms with E-state index in [-0.39, 0.29) is 15.2 Å². The van der Waals surface area contributed by atoms with Crippen LogP contribution < -0.4 is 5.43 Å². The van der Waals surface area contributed by atoms with Gasteiger partial charge in [-0.05, 0) is 49.7 Å². The molecule has 0 atom stereocenters. The van der Waals surface area contributed by atoms with Crippen molar-refractivity contribution < 1.29 is 12.8 Å². The lowest BCUT2D eigenvalue weighted by atomic mass is 10.1. The summed E-state index contributed by atoms with van der Waals surface area (Å²) in [5.74, 6) is -0.591. The van der Waals surface area contributed by atoms with Gasteiger partial charge in [0.2, 0.25) is 15.3 Å². The van der Waals surface area contributed by atoms with E-state index in [0.29, 0.717) is 12.1 Å². The first-order valence-electron chi connectivity index (χ1n) is 9.46. The number of pyridine rings is 1. The number of aryl methyl sites for hydroxylation is 2. The molecule has 1 heterocycles. The summed E-state index contributed by atoms with van der Waals surface area (Å²) < 4.78 is 42.1. The Kier molecular flexibility index (Phi) is 5.03. The topological polar surface area (TPSA) is 56.1 Å². The van der Waals surface area contributed by atoms with Crippen LogP contribution >= 0.6 is 0 Å². The summed E-state index contributed by atoms with van der Waals surface area (Å²) in [6, 6.07) is 18.0. The fourth-order valence-electron chi connectivity index (χ4n) is 3.40. The van der Waals surface area contributed by atoms with Crippen LogP contribution in [0.25, 0.3) is 10.9 Å². The van der Waals surface area contributed by atoms with Gasteiger partial charge in [0.15, 0.2) is 0 Å². The van der Waals surface area contributed by atoms with Crippen molar-refractivity contribution in [2.45, 2.75) is 30.2 Å². The van der Waals surface area contributed by atoms with E-state index >= 15 is 0 Å². The first kappa shape index (κ1) is 20.0. The van der Waals surface area contributed by atoms with Gasteiger partial charge in [-0.25, -0.2) is 12.8 Å². The molecule has 152 valence electrons. The Labute approximate surface area is 174 Å². The van der Waals surface area contributed by atoms with E-state index in [4.69, 9.17) is 0 Å². The van der Waals surface area contributed by atoms with Crippen molar-refractivity contribution in [1.29, 1.82) is 0 Å². The molecule has 4 nitrogen and oxygen atoms in total. The average Bonchev–Trinajstić information content (AvgIpc) is 2.72. The highest BCUT2D eigenvalue weighted by Crippen LogP contribution is 2.23. The highest BCUT2D eigenvalue weighted by molar-refractivity contribution is 7.91. The molecule has 30 heavy (non-hydrogen) atoms. The molecule has 4 rings (SSSR count). The second-order valence-electron chi connectivity index (χ2n) is 7.41. The minimum atomic E-state index is -4.07. The van der Waals surface area contributed by atoms with Gasteiger partial charge in [0.25, 0.3) is 0 Å². The molecule has 0 saturated carbocycles. The van der Waals surface area contributed by atoms with Crippen LogP contribution in [0.3, 0.4) is 0 Å². The standard InChI is InChI=1S/C24H20FNO3S/c1-16-3-7-18(8-4-16)14-26-15-23(24(27)21-13-19(25)9-12-22(21)26)30(28,29)20-10-5-17(2)6-11-20/h3-13,15H,14H2,1-2H3. The summed E-state index contributed by atoms with van der Waals surface area (Å²) in [6.45, 7) is 4.18. The van der Waals surface area contributed by atoms with Gasteiger partial charge in [-0.1, -0.05) is 47.5 Å². The first-order valence-corrected chi connectivity index (χ1v) is 10.9. The Balaban J connectivity index is 1.96. The molecule has 6 heteroatoms. The highest BCUT2D eigenvalue weighted by Gasteiger charge is 2.24. The summed E-state index contributed by atoms with van der Waals surface area (Å²) in [5.41, 5.74) is 2.73. The van der Waals surface area contributed by atoms with Crippen LogP contribution in [-0.2, 0) is 16.4 Å². The van der Waals surface area contributed by atoms with E-state index in [0.717, 1.165) is 22.8 Å². The van der Waals surface area contributed by atoms with Crippen LogP contribution in [0.15, 0.2) is 87.5 Å². The number of nitrogens with zero attached hydrogens (tertiary/aromatic N) is 1. The lowest BCUT2D eigenvalue weighted by Gasteiger charge is -2.14. The van der Waals surface area contributed by atoms with Crippen LogP contribution in [-0.4, -0.2) is 13.0 Å². The Morgan fingerprint density at radius 2 is 1.47 bits per heavy atom. The summed E-state index contributed by atoms with van der Waals surface area (Å²) in [4.78, 5) is 12.7. The van der Waals surface area contributed by atoms with E-state index in [1.165, 1.54) is 30.5 Å².